The van der Waals surface area contributed by atoms with Crippen LogP contribution < -0.4 is 0 Å². The highest BCUT2D eigenvalue weighted by Crippen LogP contribution is 2.69. The van der Waals surface area contributed by atoms with Crippen molar-refractivity contribution in [1.29, 1.82) is 0 Å². The lowest BCUT2D eigenvalue weighted by molar-refractivity contribution is 0.475. The van der Waals surface area contributed by atoms with Gasteiger partial charge in [0.2, 0.25) is 0 Å². The number of phenolic OH excluding ortho intramolecular Hbond substituents is 1. The summed E-state index contributed by atoms with van der Waals surface area (Å²) in [6.07, 6.45) is 0.836. The molecule has 0 bridgehead atoms. The van der Waals surface area contributed by atoms with Gasteiger partial charge in [0.05, 0.1) is 5.16 Å². The highest BCUT2D eigenvalue weighted by atomic mass is 79.9. The Hall–Kier alpha value is -2.41. The summed E-state index contributed by atoms with van der Waals surface area (Å²) in [5.41, 5.74) is 4.92. The standard InChI is InChI=1S/C26H22BrOP/c27-29(20-21-11-10-18-25(28)19-21)26(22-12-4-1-5-13-22,23-14-6-2-7-15-23)24-16-8-3-9-17-24/h1-19,28H,20H2. The van der Waals surface area contributed by atoms with Gasteiger partial charge in [-0.25, -0.2) is 0 Å². The van der Waals surface area contributed by atoms with Gasteiger partial charge in [0, 0.05) is 6.16 Å². The van der Waals surface area contributed by atoms with Crippen LogP contribution in [0.25, 0.3) is 0 Å². The molecule has 0 saturated carbocycles. The fraction of sp³-hybridized carbons (Fsp3) is 0.0769. The smallest absolute Gasteiger partial charge is 0.115 e. The highest BCUT2D eigenvalue weighted by Gasteiger charge is 2.42. The predicted molar refractivity (Wildman–Crippen MR) is 127 cm³/mol. The summed E-state index contributed by atoms with van der Waals surface area (Å²) >= 11 is 4.16. The van der Waals surface area contributed by atoms with Crippen LogP contribution in [0.4, 0.5) is 0 Å². The number of hydrogen-bond acceptors (Lipinski definition) is 1. The Morgan fingerprint density at radius 2 is 1.07 bits per heavy atom. The molecule has 4 aromatic rings. The van der Waals surface area contributed by atoms with Crippen molar-refractivity contribution < 1.29 is 5.11 Å². The van der Waals surface area contributed by atoms with Crippen molar-refractivity contribution >= 4 is 22.1 Å². The minimum absolute atomic E-state index is 0.308. The maximum atomic E-state index is 9.97. The van der Waals surface area contributed by atoms with Crippen molar-refractivity contribution in [3.63, 3.8) is 0 Å². The summed E-state index contributed by atoms with van der Waals surface area (Å²) in [4.78, 5) is 0. The molecule has 29 heavy (non-hydrogen) atoms. The zero-order valence-electron chi connectivity index (χ0n) is 15.9. The fourth-order valence-electron chi connectivity index (χ4n) is 3.89. The average molecular weight is 461 g/mol. The van der Waals surface area contributed by atoms with E-state index in [4.69, 9.17) is 0 Å². The van der Waals surface area contributed by atoms with Gasteiger partial charge in [-0.3, -0.25) is 0 Å². The van der Waals surface area contributed by atoms with Crippen LogP contribution in [0.1, 0.15) is 22.3 Å². The van der Waals surface area contributed by atoms with E-state index in [9.17, 15) is 5.11 Å². The Kier molecular flexibility index (Phi) is 6.13. The van der Waals surface area contributed by atoms with E-state index in [1.807, 2.05) is 12.1 Å². The summed E-state index contributed by atoms with van der Waals surface area (Å²) in [6.45, 7) is -0.744. The molecule has 0 aromatic heterocycles. The maximum absolute atomic E-state index is 9.97. The van der Waals surface area contributed by atoms with Crippen LogP contribution in [0.3, 0.4) is 0 Å². The third-order valence-electron chi connectivity index (χ3n) is 5.17. The lowest BCUT2D eigenvalue weighted by Gasteiger charge is -2.40. The van der Waals surface area contributed by atoms with Crippen LogP contribution in [0, 0.1) is 0 Å². The van der Waals surface area contributed by atoms with Crippen LogP contribution >= 0.6 is 22.1 Å². The zero-order chi connectivity index (χ0) is 20.1. The molecule has 0 heterocycles. The van der Waals surface area contributed by atoms with Crippen molar-refractivity contribution in [2.45, 2.75) is 11.3 Å². The Bertz CT molecular complexity index is 955. The van der Waals surface area contributed by atoms with Crippen LogP contribution in [-0.4, -0.2) is 5.11 Å². The monoisotopic (exact) mass is 460 g/mol. The number of hydrogen-bond donors (Lipinski definition) is 1. The molecule has 0 spiro atoms. The third-order valence-corrected chi connectivity index (χ3v) is 9.66. The number of rotatable bonds is 6. The number of halogens is 1. The van der Waals surface area contributed by atoms with Gasteiger partial charge in [0.15, 0.2) is 0 Å². The van der Waals surface area contributed by atoms with E-state index in [1.54, 1.807) is 6.07 Å². The first-order chi connectivity index (χ1) is 14.2. The molecule has 0 aliphatic carbocycles. The van der Waals surface area contributed by atoms with Gasteiger partial charge < -0.3 is 5.11 Å². The highest BCUT2D eigenvalue weighted by molar-refractivity contribution is 9.39. The van der Waals surface area contributed by atoms with Crippen LogP contribution in [-0.2, 0) is 11.3 Å². The van der Waals surface area contributed by atoms with E-state index in [-0.39, 0.29) is 5.16 Å². The van der Waals surface area contributed by atoms with Gasteiger partial charge in [0.1, 0.15) is 5.75 Å². The van der Waals surface area contributed by atoms with Crippen LogP contribution in [0.15, 0.2) is 115 Å². The van der Waals surface area contributed by atoms with Crippen molar-refractivity contribution in [1.82, 2.24) is 0 Å². The SMILES string of the molecule is Oc1cccc(CP(Br)C(c2ccccc2)(c2ccccc2)c2ccccc2)c1. The van der Waals surface area contributed by atoms with E-state index in [1.165, 1.54) is 16.7 Å². The molecule has 0 saturated heterocycles. The van der Waals surface area contributed by atoms with Crippen molar-refractivity contribution in [3.05, 3.63) is 138 Å². The Morgan fingerprint density at radius 3 is 1.48 bits per heavy atom. The molecule has 0 radical (unpaired) electrons. The fourth-order valence-corrected chi connectivity index (χ4v) is 8.65. The Balaban J connectivity index is 1.94. The summed E-state index contributed by atoms with van der Waals surface area (Å²) in [7, 11) is 0. The molecule has 1 nitrogen and oxygen atoms in total. The first-order valence-electron chi connectivity index (χ1n) is 9.59. The maximum Gasteiger partial charge on any atom is 0.115 e. The molecular weight excluding hydrogens is 439 g/mol. The summed E-state index contributed by atoms with van der Waals surface area (Å²) in [5.74, 6) is 0.308. The molecule has 1 atom stereocenters. The Morgan fingerprint density at radius 1 is 0.621 bits per heavy atom. The predicted octanol–water partition coefficient (Wildman–Crippen LogP) is 7.68. The molecule has 144 valence electrons. The van der Waals surface area contributed by atoms with Crippen molar-refractivity contribution in [3.8, 4) is 5.75 Å². The number of aromatic hydroxyl groups is 1. The lowest BCUT2D eigenvalue weighted by atomic mass is 9.84. The number of phenols is 1. The van der Waals surface area contributed by atoms with Gasteiger partial charge in [0.25, 0.3) is 0 Å². The minimum atomic E-state index is -0.744. The molecule has 4 aromatic carbocycles. The first kappa shape index (κ1) is 19.9. The topological polar surface area (TPSA) is 20.2 Å². The molecule has 3 heteroatoms. The largest absolute Gasteiger partial charge is 0.508 e. The third kappa shape index (κ3) is 4.01. The summed E-state index contributed by atoms with van der Waals surface area (Å²) in [5, 5.41) is 9.66. The van der Waals surface area contributed by atoms with E-state index >= 15 is 0 Å². The van der Waals surface area contributed by atoms with Gasteiger partial charge >= 0.3 is 0 Å². The molecule has 0 aliphatic rings. The molecule has 1 N–H and O–H groups in total. The van der Waals surface area contributed by atoms with Crippen LogP contribution in [0.2, 0.25) is 0 Å². The molecular formula is C26H22BrOP. The molecule has 0 amide bonds. The van der Waals surface area contributed by atoms with Gasteiger partial charge in [-0.15, -0.1) is 0 Å². The van der Waals surface area contributed by atoms with E-state index in [0.717, 1.165) is 11.7 Å². The summed E-state index contributed by atoms with van der Waals surface area (Å²) in [6, 6.07) is 39.8. The molecule has 1 unspecified atom stereocenters. The van der Waals surface area contributed by atoms with Crippen molar-refractivity contribution in [2.75, 3.05) is 0 Å². The van der Waals surface area contributed by atoms with Crippen LogP contribution in [0.5, 0.6) is 5.75 Å². The quantitative estimate of drug-likeness (QED) is 0.231. The van der Waals surface area contributed by atoms with Gasteiger partial charge in [-0.2, -0.15) is 0 Å². The molecule has 4 rings (SSSR count). The molecule has 0 aliphatic heterocycles. The normalized spacial score (nSPS) is 12.4. The zero-order valence-corrected chi connectivity index (χ0v) is 18.4. The summed E-state index contributed by atoms with van der Waals surface area (Å²) < 4.78 is 0. The second-order valence-corrected chi connectivity index (χ2v) is 11.3. The van der Waals surface area contributed by atoms with E-state index in [2.05, 4.69) is 113 Å². The van der Waals surface area contributed by atoms with Gasteiger partial charge in [-0.05, 0) is 41.0 Å². The lowest BCUT2D eigenvalue weighted by Crippen LogP contribution is -2.26. The average Bonchev–Trinajstić information content (AvgIpc) is 2.77. The second kappa shape index (κ2) is 8.95. The Labute approximate surface area is 181 Å². The minimum Gasteiger partial charge on any atom is -0.508 e. The first-order valence-corrected chi connectivity index (χ1v) is 13.1. The second-order valence-electron chi connectivity index (χ2n) is 7.00. The van der Waals surface area contributed by atoms with E-state index in [0.29, 0.717) is 5.75 Å². The number of benzene rings is 4. The molecule has 0 fully saturated rings. The van der Waals surface area contributed by atoms with E-state index < -0.39 is 6.62 Å². The van der Waals surface area contributed by atoms with Gasteiger partial charge in [-0.1, -0.05) is 119 Å². The van der Waals surface area contributed by atoms with Crippen molar-refractivity contribution in [2.24, 2.45) is 0 Å².